The van der Waals surface area contributed by atoms with Crippen molar-refractivity contribution in [2.45, 2.75) is 13.3 Å². The fraction of sp³-hybridized carbons (Fsp3) is 0.438. The van der Waals surface area contributed by atoms with Crippen LogP contribution in [0.15, 0.2) is 42.6 Å². The van der Waals surface area contributed by atoms with Gasteiger partial charge in [-0.1, -0.05) is 0 Å². The number of carbonyl (C=O) groups is 2. The van der Waals surface area contributed by atoms with Crippen LogP contribution in [0, 0.1) is 11.3 Å². The molecular weight excluding hydrogens is 562 g/mol. The van der Waals surface area contributed by atoms with E-state index in [1.54, 1.807) is 49.4 Å². The maximum Gasteiger partial charge on any atom is 0.341 e. The number of esters is 1. The Bertz CT molecular complexity index is 1490. The van der Waals surface area contributed by atoms with E-state index in [0.717, 1.165) is 44.5 Å². The highest BCUT2D eigenvalue weighted by Gasteiger charge is 2.28. The van der Waals surface area contributed by atoms with Gasteiger partial charge in [0.1, 0.15) is 5.56 Å². The SMILES string of the molecule is CCOC(=O)c1cnc2cc(OCCCN3CCNCC3)c(OC)cc2c1N1CCN(C(=O)Nc2ccc(C#N)cc2)CC1. The number of fused-ring (bicyclic) bond motifs is 1. The van der Waals surface area contributed by atoms with Gasteiger partial charge in [0.2, 0.25) is 0 Å². The summed E-state index contributed by atoms with van der Waals surface area (Å²) in [7, 11) is 1.60. The topological polar surface area (TPSA) is 132 Å². The fourth-order valence-electron chi connectivity index (χ4n) is 5.53. The number of hydrogen-bond donors (Lipinski definition) is 2. The molecule has 2 fully saturated rings. The molecule has 0 bridgehead atoms. The number of pyridine rings is 1. The van der Waals surface area contributed by atoms with Crippen molar-refractivity contribution >= 4 is 34.3 Å². The Balaban J connectivity index is 1.32. The van der Waals surface area contributed by atoms with Crippen LogP contribution in [0.25, 0.3) is 10.9 Å². The van der Waals surface area contributed by atoms with Gasteiger partial charge >= 0.3 is 12.0 Å². The maximum absolute atomic E-state index is 13.1. The van der Waals surface area contributed by atoms with E-state index in [0.29, 0.717) is 72.3 Å². The van der Waals surface area contributed by atoms with E-state index in [1.807, 2.05) is 12.1 Å². The summed E-state index contributed by atoms with van der Waals surface area (Å²) in [5.74, 6) is 0.709. The van der Waals surface area contributed by atoms with Crippen LogP contribution < -0.4 is 25.0 Å². The van der Waals surface area contributed by atoms with Crippen molar-refractivity contribution in [1.29, 1.82) is 5.26 Å². The minimum Gasteiger partial charge on any atom is -0.493 e. The Morgan fingerprint density at radius 1 is 1.05 bits per heavy atom. The minimum atomic E-state index is -0.454. The van der Waals surface area contributed by atoms with Gasteiger partial charge in [-0.15, -0.1) is 0 Å². The smallest absolute Gasteiger partial charge is 0.341 e. The molecule has 2 saturated heterocycles. The van der Waals surface area contributed by atoms with E-state index in [9.17, 15) is 9.59 Å². The van der Waals surface area contributed by atoms with Gasteiger partial charge in [-0.25, -0.2) is 9.59 Å². The van der Waals surface area contributed by atoms with Crippen molar-refractivity contribution in [2.24, 2.45) is 0 Å². The predicted octanol–water partition coefficient (Wildman–Crippen LogP) is 3.32. The van der Waals surface area contributed by atoms with E-state index in [-0.39, 0.29) is 12.6 Å². The van der Waals surface area contributed by atoms with Crippen LogP contribution in [-0.4, -0.2) is 106 Å². The van der Waals surface area contributed by atoms with E-state index in [1.165, 1.54) is 0 Å². The second-order valence-electron chi connectivity index (χ2n) is 10.6. The molecule has 0 unspecified atom stereocenters. The van der Waals surface area contributed by atoms with Crippen molar-refractivity contribution in [3.63, 3.8) is 0 Å². The third-order valence-electron chi connectivity index (χ3n) is 7.85. The summed E-state index contributed by atoms with van der Waals surface area (Å²) in [6.45, 7) is 9.54. The number of methoxy groups -OCH3 is 1. The number of benzene rings is 2. The largest absolute Gasteiger partial charge is 0.493 e. The van der Waals surface area contributed by atoms with Crippen LogP contribution in [0.3, 0.4) is 0 Å². The number of hydrogen-bond acceptors (Lipinski definition) is 10. The minimum absolute atomic E-state index is 0.222. The highest BCUT2D eigenvalue weighted by Crippen LogP contribution is 2.38. The summed E-state index contributed by atoms with van der Waals surface area (Å²) < 4.78 is 17.3. The summed E-state index contributed by atoms with van der Waals surface area (Å²) in [4.78, 5) is 36.9. The molecule has 12 nitrogen and oxygen atoms in total. The summed E-state index contributed by atoms with van der Waals surface area (Å²) in [6.07, 6.45) is 2.45. The van der Waals surface area contributed by atoms with E-state index in [2.05, 4.69) is 31.5 Å². The highest BCUT2D eigenvalue weighted by molar-refractivity contribution is 6.06. The quantitative estimate of drug-likeness (QED) is 0.263. The molecule has 2 amide bonds. The number of carbonyl (C=O) groups excluding carboxylic acids is 2. The average molecular weight is 602 g/mol. The van der Waals surface area contributed by atoms with Gasteiger partial charge < -0.3 is 39.5 Å². The average Bonchev–Trinajstić information content (AvgIpc) is 3.06. The van der Waals surface area contributed by atoms with Crippen molar-refractivity contribution in [1.82, 2.24) is 20.1 Å². The third kappa shape index (κ3) is 7.30. The molecule has 2 aromatic carbocycles. The molecule has 2 aliphatic heterocycles. The molecule has 3 aromatic rings. The number of nitrogens with zero attached hydrogens (tertiary/aromatic N) is 5. The van der Waals surface area contributed by atoms with Crippen LogP contribution in [0.2, 0.25) is 0 Å². The molecular formula is C32H39N7O5. The van der Waals surface area contributed by atoms with Crippen LogP contribution in [0.5, 0.6) is 11.5 Å². The summed E-state index contributed by atoms with van der Waals surface area (Å²) >= 11 is 0. The van der Waals surface area contributed by atoms with Crippen LogP contribution in [-0.2, 0) is 4.74 Å². The lowest BCUT2D eigenvalue weighted by Gasteiger charge is -2.37. The zero-order valence-electron chi connectivity index (χ0n) is 25.3. The van der Waals surface area contributed by atoms with Gasteiger partial charge in [0.05, 0.1) is 43.2 Å². The molecule has 0 radical (unpaired) electrons. The number of amides is 2. The molecule has 5 rings (SSSR count). The number of urea groups is 1. The first-order valence-electron chi connectivity index (χ1n) is 15.1. The first-order chi connectivity index (χ1) is 21.5. The van der Waals surface area contributed by atoms with Crippen molar-refractivity contribution in [3.05, 3.63) is 53.7 Å². The molecule has 2 N–H and O–H groups in total. The molecule has 0 aliphatic carbocycles. The molecule has 12 heteroatoms. The molecule has 1 aromatic heterocycles. The summed E-state index contributed by atoms with van der Waals surface area (Å²) in [5, 5.41) is 16.0. The van der Waals surface area contributed by atoms with Gasteiger partial charge in [-0.05, 0) is 43.7 Å². The van der Waals surface area contributed by atoms with Crippen LogP contribution in [0.4, 0.5) is 16.2 Å². The number of aromatic nitrogens is 1. The highest BCUT2D eigenvalue weighted by atomic mass is 16.5. The normalized spacial score (nSPS) is 15.5. The monoisotopic (exact) mass is 601 g/mol. The Morgan fingerprint density at radius 3 is 2.48 bits per heavy atom. The standard InChI is InChI=1S/C32H39N7O5/c1-3-43-31(40)26-22-35-27-20-29(44-18-4-11-37-12-9-34-10-13-37)28(42-2)19-25(27)30(26)38-14-16-39(17-15-38)32(41)36-24-7-5-23(21-33)6-8-24/h5-8,19-20,22,34H,3-4,9-18H2,1-2H3,(H,36,41). The van der Waals surface area contributed by atoms with Gasteiger partial charge in [0.15, 0.2) is 11.5 Å². The zero-order chi connectivity index (χ0) is 30.9. The number of nitrogens with one attached hydrogen (secondary N) is 2. The van der Waals surface area contributed by atoms with Crippen molar-refractivity contribution in [3.8, 4) is 17.6 Å². The molecule has 44 heavy (non-hydrogen) atoms. The number of nitriles is 1. The molecule has 3 heterocycles. The van der Waals surface area contributed by atoms with Gasteiger partial charge in [0, 0.05) is 82.2 Å². The van der Waals surface area contributed by atoms with E-state index < -0.39 is 5.97 Å². The number of piperazine rings is 2. The van der Waals surface area contributed by atoms with Crippen LogP contribution in [0.1, 0.15) is 29.3 Å². The van der Waals surface area contributed by atoms with E-state index in [4.69, 9.17) is 19.5 Å². The lowest BCUT2D eigenvalue weighted by molar-refractivity contribution is 0.0526. The summed E-state index contributed by atoms with van der Waals surface area (Å²) in [5.41, 5.74) is 2.88. The second-order valence-corrected chi connectivity index (χ2v) is 10.6. The first-order valence-corrected chi connectivity index (χ1v) is 15.1. The summed E-state index contributed by atoms with van der Waals surface area (Å²) in [6, 6.07) is 12.3. The molecule has 0 saturated carbocycles. The van der Waals surface area contributed by atoms with Crippen LogP contribution >= 0.6 is 0 Å². The molecule has 0 spiro atoms. The van der Waals surface area contributed by atoms with E-state index >= 15 is 0 Å². The Morgan fingerprint density at radius 2 is 1.80 bits per heavy atom. The molecule has 232 valence electrons. The van der Waals surface area contributed by atoms with Crippen molar-refractivity contribution < 1.29 is 23.8 Å². The number of ether oxygens (including phenoxy) is 3. The zero-order valence-corrected chi connectivity index (χ0v) is 25.3. The Kier molecular flexibility index (Phi) is 10.3. The van der Waals surface area contributed by atoms with Gasteiger partial charge in [0.25, 0.3) is 0 Å². The fourth-order valence-corrected chi connectivity index (χ4v) is 5.53. The van der Waals surface area contributed by atoms with Gasteiger partial charge in [-0.2, -0.15) is 5.26 Å². The third-order valence-corrected chi connectivity index (χ3v) is 7.85. The van der Waals surface area contributed by atoms with Crippen molar-refractivity contribution in [2.75, 3.05) is 89.4 Å². The maximum atomic E-state index is 13.1. The Labute approximate surface area is 257 Å². The molecule has 0 atom stereocenters. The Hall–Kier alpha value is -4.60. The number of anilines is 2. The van der Waals surface area contributed by atoms with Gasteiger partial charge in [-0.3, -0.25) is 4.98 Å². The lowest BCUT2D eigenvalue weighted by Crippen LogP contribution is -2.50. The second kappa shape index (κ2) is 14.7. The predicted molar refractivity (Wildman–Crippen MR) is 168 cm³/mol. The molecule has 2 aliphatic rings. The lowest BCUT2D eigenvalue weighted by atomic mass is 10.1. The number of rotatable bonds is 10. The first kappa shape index (κ1) is 30.8.